The molecule has 1 saturated carbocycles. The number of rotatable bonds is 4. The van der Waals surface area contributed by atoms with Gasteiger partial charge in [-0.05, 0) is 72.8 Å². The quantitative estimate of drug-likeness (QED) is 0.690. The Kier molecular flexibility index (Phi) is 4.77. The summed E-state index contributed by atoms with van der Waals surface area (Å²) in [4.78, 5) is 23.8. The van der Waals surface area contributed by atoms with Crippen molar-refractivity contribution in [2.75, 3.05) is 13.7 Å². The van der Waals surface area contributed by atoms with Gasteiger partial charge in [0.2, 0.25) is 0 Å². The third-order valence-corrected chi connectivity index (χ3v) is 7.64. The molecule has 0 saturated heterocycles. The Bertz CT molecular complexity index is 743. The van der Waals surface area contributed by atoms with Crippen LogP contribution in [0.3, 0.4) is 0 Å². The second-order valence-electron chi connectivity index (χ2n) is 8.85. The van der Waals surface area contributed by atoms with Crippen LogP contribution in [0, 0.1) is 29.1 Å². The van der Waals surface area contributed by atoms with Crippen molar-refractivity contribution in [3.63, 3.8) is 0 Å². The average molecular weight is 370 g/mol. The van der Waals surface area contributed by atoms with E-state index in [1.807, 2.05) is 0 Å². The maximum atomic E-state index is 12.7. The highest BCUT2D eigenvalue weighted by Gasteiger charge is 2.54. The van der Waals surface area contributed by atoms with Gasteiger partial charge in [0.1, 0.15) is 0 Å². The maximum absolute atomic E-state index is 12.7. The molecule has 27 heavy (non-hydrogen) atoms. The summed E-state index contributed by atoms with van der Waals surface area (Å²) in [5.41, 5.74) is 2.32. The van der Waals surface area contributed by atoms with Crippen molar-refractivity contribution in [1.29, 1.82) is 0 Å². The number of hydrogen-bond acceptors (Lipinski definition) is 4. The predicted molar refractivity (Wildman–Crippen MR) is 103 cm³/mol. The Morgan fingerprint density at radius 3 is 2.74 bits per heavy atom. The summed E-state index contributed by atoms with van der Waals surface area (Å²) >= 11 is 0. The van der Waals surface area contributed by atoms with Crippen molar-refractivity contribution in [1.82, 2.24) is 0 Å². The van der Waals surface area contributed by atoms with E-state index < -0.39 is 5.97 Å². The molecule has 0 N–H and O–H groups in total. The van der Waals surface area contributed by atoms with E-state index in [4.69, 9.17) is 9.47 Å². The first-order valence-corrected chi connectivity index (χ1v) is 10.3. The first kappa shape index (κ1) is 18.5. The van der Waals surface area contributed by atoms with Gasteiger partial charge in [-0.25, -0.2) is 0 Å². The van der Waals surface area contributed by atoms with E-state index in [9.17, 15) is 9.59 Å². The molecule has 146 valence electrons. The topological polar surface area (TPSA) is 52.6 Å². The molecule has 0 amide bonds. The fourth-order valence-corrected chi connectivity index (χ4v) is 6.33. The largest absolute Gasteiger partial charge is 0.501 e. The second kappa shape index (κ2) is 6.96. The van der Waals surface area contributed by atoms with Crippen LogP contribution in [0.25, 0.3) is 0 Å². The van der Waals surface area contributed by atoms with Crippen molar-refractivity contribution in [2.24, 2.45) is 29.1 Å². The SMILES string of the molecule is COC1=CC2=CC[C@@H]3[C@H](CC[C@]4(C)C(C(=O)COC(C)=O)=CC[C@@H]34)[C@H]2CC1. The maximum Gasteiger partial charge on any atom is 0.303 e. The van der Waals surface area contributed by atoms with Gasteiger partial charge in [0.15, 0.2) is 12.4 Å². The monoisotopic (exact) mass is 370 g/mol. The summed E-state index contributed by atoms with van der Waals surface area (Å²) < 4.78 is 10.5. The van der Waals surface area contributed by atoms with Crippen molar-refractivity contribution < 1.29 is 19.1 Å². The van der Waals surface area contributed by atoms with Crippen LogP contribution in [0.5, 0.6) is 0 Å². The molecule has 0 aliphatic heterocycles. The van der Waals surface area contributed by atoms with Gasteiger partial charge in [-0.15, -0.1) is 0 Å². The van der Waals surface area contributed by atoms with Crippen LogP contribution in [-0.4, -0.2) is 25.5 Å². The lowest BCUT2D eigenvalue weighted by Gasteiger charge is -2.52. The van der Waals surface area contributed by atoms with Crippen LogP contribution in [0.15, 0.2) is 35.1 Å². The lowest BCUT2D eigenvalue weighted by Crippen LogP contribution is -2.45. The molecule has 4 aliphatic carbocycles. The van der Waals surface area contributed by atoms with Gasteiger partial charge >= 0.3 is 5.97 Å². The number of fused-ring (bicyclic) bond motifs is 5. The van der Waals surface area contributed by atoms with Gasteiger partial charge in [0.25, 0.3) is 0 Å². The standard InChI is InChI=1S/C23H30O4/c1-14(24)27-13-22(25)21-9-8-20-19-6-4-15-12-16(26-3)5-7-17(15)18(19)10-11-23(20,21)2/h4,9,12,17-20H,5-8,10-11,13H2,1-3H3/t17-,18+,19+,20-,23-/m0/s1. The molecule has 4 rings (SSSR count). The fraction of sp³-hybridized carbons (Fsp3) is 0.652. The van der Waals surface area contributed by atoms with Gasteiger partial charge in [-0.1, -0.05) is 19.1 Å². The highest BCUT2D eigenvalue weighted by molar-refractivity contribution is 5.99. The van der Waals surface area contributed by atoms with Gasteiger partial charge in [-0.3, -0.25) is 9.59 Å². The van der Waals surface area contributed by atoms with Crippen LogP contribution >= 0.6 is 0 Å². The Balaban J connectivity index is 1.53. The zero-order chi connectivity index (χ0) is 19.2. The molecule has 0 aromatic rings. The molecule has 4 heteroatoms. The molecule has 4 nitrogen and oxygen atoms in total. The average Bonchev–Trinajstić information content (AvgIpc) is 3.02. The molecular weight excluding hydrogens is 340 g/mol. The van der Waals surface area contributed by atoms with E-state index in [1.54, 1.807) is 7.11 Å². The molecule has 0 aromatic heterocycles. The highest BCUT2D eigenvalue weighted by Crippen LogP contribution is 2.61. The zero-order valence-corrected chi connectivity index (χ0v) is 16.6. The summed E-state index contributed by atoms with van der Waals surface area (Å²) in [7, 11) is 1.77. The van der Waals surface area contributed by atoms with E-state index >= 15 is 0 Å². The third-order valence-electron chi connectivity index (χ3n) is 7.64. The molecule has 1 fully saturated rings. The van der Waals surface area contributed by atoms with Crippen LogP contribution in [-0.2, 0) is 19.1 Å². The van der Waals surface area contributed by atoms with E-state index in [-0.39, 0.29) is 17.8 Å². The Hall–Kier alpha value is -1.84. The molecule has 0 heterocycles. The molecular formula is C23H30O4. The molecule has 0 spiro atoms. The fourth-order valence-electron chi connectivity index (χ4n) is 6.33. The molecule has 0 unspecified atom stereocenters. The van der Waals surface area contributed by atoms with Crippen molar-refractivity contribution in [3.05, 3.63) is 35.1 Å². The Morgan fingerprint density at radius 2 is 2.00 bits per heavy atom. The zero-order valence-electron chi connectivity index (χ0n) is 16.6. The summed E-state index contributed by atoms with van der Waals surface area (Å²) in [6, 6.07) is 0. The van der Waals surface area contributed by atoms with Gasteiger partial charge in [0, 0.05) is 18.9 Å². The lowest BCUT2D eigenvalue weighted by molar-refractivity contribution is -0.145. The number of ether oxygens (including phenoxy) is 2. The number of ketones is 1. The highest BCUT2D eigenvalue weighted by atomic mass is 16.5. The molecule has 5 atom stereocenters. The minimum Gasteiger partial charge on any atom is -0.501 e. The number of carbonyl (C=O) groups is 2. The van der Waals surface area contributed by atoms with Crippen molar-refractivity contribution >= 4 is 11.8 Å². The number of Topliss-reactive ketones (excluding diaryl/α,β-unsaturated/α-hetero) is 1. The number of carbonyl (C=O) groups excluding carboxylic acids is 2. The number of allylic oxidation sites excluding steroid dienone is 5. The first-order chi connectivity index (χ1) is 12.9. The first-order valence-electron chi connectivity index (χ1n) is 10.3. The molecule has 0 aromatic carbocycles. The molecule has 4 aliphatic rings. The van der Waals surface area contributed by atoms with E-state index in [0.29, 0.717) is 23.7 Å². The second-order valence-corrected chi connectivity index (χ2v) is 8.85. The number of methoxy groups -OCH3 is 1. The number of hydrogen-bond donors (Lipinski definition) is 0. The summed E-state index contributed by atoms with van der Waals surface area (Å²) in [6.07, 6.45) is 13.4. The summed E-state index contributed by atoms with van der Waals surface area (Å²) in [5.74, 6) is 3.24. The van der Waals surface area contributed by atoms with Gasteiger partial charge < -0.3 is 9.47 Å². The van der Waals surface area contributed by atoms with E-state index in [0.717, 1.165) is 37.0 Å². The van der Waals surface area contributed by atoms with Gasteiger partial charge in [-0.2, -0.15) is 0 Å². The van der Waals surface area contributed by atoms with Crippen LogP contribution in [0.2, 0.25) is 0 Å². The minimum absolute atomic E-state index is 0.00831. The Labute approximate surface area is 161 Å². The predicted octanol–water partition coefficient (Wildman–Crippen LogP) is 4.37. The third kappa shape index (κ3) is 3.07. The summed E-state index contributed by atoms with van der Waals surface area (Å²) in [5, 5.41) is 0. The van der Waals surface area contributed by atoms with Crippen LogP contribution < -0.4 is 0 Å². The smallest absolute Gasteiger partial charge is 0.303 e. The van der Waals surface area contributed by atoms with Gasteiger partial charge in [0.05, 0.1) is 12.9 Å². The van der Waals surface area contributed by atoms with E-state index in [2.05, 4.69) is 25.2 Å². The molecule has 0 radical (unpaired) electrons. The minimum atomic E-state index is -0.391. The summed E-state index contributed by atoms with van der Waals surface area (Å²) in [6.45, 7) is 3.50. The molecule has 0 bridgehead atoms. The van der Waals surface area contributed by atoms with E-state index in [1.165, 1.54) is 25.3 Å². The van der Waals surface area contributed by atoms with Crippen LogP contribution in [0.1, 0.15) is 52.4 Å². The Morgan fingerprint density at radius 1 is 1.19 bits per heavy atom. The number of esters is 1. The van der Waals surface area contributed by atoms with Crippen molar-refractivity contribution in [2.45, 2.75) is 52.4 Å². The normalized spacial score (nSPS) is 37.1. The van der Waals surface area contributed by atoms with Crippen molar-refractivity contribution in [3.8, 4) is 0 Å². The lowest BCUT2D eigenvalue weighted by atomic mass is 9.52. The van der Waals surface area contributed by atoms with Crippen LogP contribution in [0.4, 0.5) is 0 Å².